The number of rotatable bonds is 5. The SMILES string of the molecule is CCCNc1nc(Oc2ccccc2Cl)c2cn[nH]c2n1. The molecular weight excluding hydrogens is 290 g/mol. The molecule has 0 atom stereocenters. The zero-order chi connectivity index (χ0) is 14.7. The van der Waals surface area contributed by atoms with E-state index in [1.54, 1.807) is 18.3 Å². The van der Waals surface area contributed by atoms with Gasteiger partial charge < -0.3 is 10.1 Å². The highest BCUT2D eigenvalue weighted by atomic mass is 35.5. The van der Waals surface area contributed by atoms with Crippen LogP contribution in [0.4, 0.5) is 5.95 Å². The first kappa shape index (κ1) is 13.6. The zero-order valence-electron chi connectivity index (χ0n) is 11.4. The van der Waals surface area contributed by atoms with Gasteiger partial charge in [-0.1, -0.05) is 30.7 Å². The molecule has 0 amide bonds. The molecule has 6 nitrogen and oxygen atoms in total. The fourth-order valence-electron chi connectivity index (χ4n) is 1.83. The minimum Gasteiger partial charge on any atom is -0.436 e. The lowest BCUT2D eigenvalue weighted by Gasteiger charge is -2.09. The van der Waals surface area contributed by atoms with Gasteiger partial charge in [-0.25, -0.2) is 0 Å². The molecule has 3 rings (SSSR count). The van der Waals surface area contributed by atoms with Crippen LogP contribution in [0.2, 0.25) is 5.02 Å². The molecule has 0 aliphatic carbocycles. The van der Waals surface area contributed by atoms with Gasteiger partial charge in [0.1, 0.15) is 11.1 Å². The van der Waals surface area contributed by atoms with Crippen LogP contribution in [0, 0.1) is 0 Å². The standard InChI is InChI=1S/C14H14ClN5O/c1-2-7-16-14-18-12-9(8-17-20-12)13(19-14)21-11-6-4-3-5-10(11)15/h3-6,8H,2,7H2,1H3,(H2,16,17,18,19,20). The van der Waals surface area contributed by atoms with Crippen LogP contribution in [0.3, 0.4) is 0 Å². The van der Waals surface area contributed by atoms with Crippen molar-refractivity contribution in [3.8, 4) is 11.6 Å². The topological polar surface area (TPSA) is 75.7 Å². The minimum absolute atomic E-state index is 0.417. The van der Waals surface area contributed by atoms with E-state index in [1.165, 1.54) is 0 Å². The first-order chi connectivity index (χ1) is 10.3. The lowest BCUT2D eigenvalue weighted by atomic mass is 10.3. The molecule has 0 bridgehead atoms. The number of aromatic nitrogens is 4. The number of hydrogen-bond acceptors (Lipinski definition) is 5. The molecule has 7 heteroatoms. The second-order valence-electron chi connectivity index (χ2n) is 4.44. The third kappa shape index (κ3) is 2.90. The number of ether oxygens (including phenoxy) is 1. The van der Waals surface area contributed by atoms with Gasteiger partial charge in [-0.3, -0.25) is 5.10 Å². The summed E-state index contributed by atoms with van der Waals surface area (Å²) in [4.78, 5) is 8.73. The third-order valence-corrected chi connectivity index (χ3v) is 3.16. The Balaban J connectivity index is 2.00. The van der Waals surface area contributed by atoms with Crippen molar-refractivity contribution in [2.75, 3.05) is 11.9 Å². The van der Waals surface area contributed by atoms with Crippen molar-refractivity contribution in [2.24, 2.45) is 0 Å². The van der Waals surface area contributed by atoms with E-state index in [2.05, 4.69) is 32.4 Å². The Morgan fingerprint density at radius 2 is 2.14 bits per heavy atom. The Labute approximate surface area is 126 Å². The number of halogens is 1. The number of anilines is 1. The maximum absolute atomic E-state index is 6.12. The molecule has 2 N–H and O–H groups in total. The highest BCUT2D eigenvalue weighted by Gasteiger charge is 2.12. The summed E-state index contributed by atoms with van der Waals surface area (Å²) in [5.74, 6) is 1.46. The largest absolute Gasteiger partial charge is 0.436 e. The molecule has 2 aromatic heterocycles. The lowest BCUT2D eigenvalue weighted by molar-refractivity contribution is 0.469. The van der Waals surface area contributed by atoms with E-state index < -0.39 is 0 Å². The summed E-state index contributed by atoms with van der Waals surface area (Å²) in [5, 5.41) is 11.2. The van der Waals surface area contributed by atoms with Crippen LogP contribution in [0.25, 0.3) is 11.0 Å². The minimum atomic E-state index is 0.417. The highest BCUT2D eigenvalue weighted by molar-refractivity contribution is 6.32. The molecule has 108 valence electrons. The average molecular weight is 304 g/mol. The van der Waals surface area contributed by atoms with Crippen LogP contribution in [0.5, 0.6) is 11.6 Å². The van der Waals surface area contributed by atoms with Crippen molar-refractivity contribution in [1.82, 2.24) is 20.2 Å². The van der Waals surface area contributed by atoms with Crippen LogP contribution < -0.4 is 10.1 Å². The predicted molar refractivity (Wildman–Crippen MR) is 82.0 cm³/mol. The Morgan fingerprint density at radius 3 is 2.95 bits per heavy atom. The number of hydrogen-bond donors (Lipinski definition) is 2. The fraction of sp³-hybridized carbons (Fsp3) is 0.214. The molecule has 3 aromatic rings. The molecule has 0 saturated heterocycles. The van der Waals surface area contributed by atoms with E-state index in [0.29, 0.717) is 33.6 Å². The van der Waals surface area contributed by atoms with Gasteiger partial charge in [-0.2, -0.15) is 15.1 Å². The van der Waals surface area contributed by atoms with E-state index in [0.717, 1.165) is 13.0 Å². The summed E-state index contributed by atoms with van der Waals surface area (Å²) in [6, 6.07) is 7.25. The Kier molecular flexibility index (Phi) is 3.87. The Morgan fingerprint density at radius 1 is 1.29 bits per heavy atom. The molecule has 0 saturated carbocycles. The first-order valence-electron chi connectivity index (χ1n) is 6.65. The van der Waals surface area contributed by atoms with E-state index in [-0.39, 0.29) is 0 Å². The second kappa shape index (κ2) is 5.97. The normalized spacial score (nSPS) is 10.8. The monoisotopic (exact) mass is 303 g/mol. The van der Waals surface area contributed by atoms with Crippen molar-refractivity contribution in [3.63, 3.8) is 0 Å². The molecule has 21 heavy (non-hydrogen) atoms. The number of benzene rings is 1. The number of aromatic amines is 1. The van der Waals surface area contributed by atoms with E-state index in [4.69, 9.17) is 16.3 Å². The quantitative estimate of drug-likeness (QED) is 0.753. The maximum atomic E-state index is 6.12. The molecule has 0 aliphatic rings. The van der Waals surface area contributed by atoms with Gasteiger partial charge in [0.15, 0.2) is 5.65 Å². The number of fused-ring (bicyclic) bond motifs is 1. The van der Waals surface area contributed by atoms with Crippen LogP contribution in [0.1, 0.15) is 13.3 Å². The fourth-order valence-corrected chi connectivity index (χ4v) is 2.01. The summed E-state index contributed by atoms with van der Waals surface area (Å²) in [6.45, 7) is 2.86. The number of nitrogens with one attached hydrogen (secondary N) is 2. The summed E-state index contributed by atoms with van der Waals surface area (Å²) >= 11 is 6.12. The van der Waals surface area contributed by atoms with Crippen molar-refractivity contribution >= 4 is 28.6 Å². The molecule has 0 unspecified atom stereocenters. The van der Waals surface area contributed by atoms with E-state index in [9.17, 15) is 0 Å². The highest BCUT2D eigenvalue weighted by Crippen LogP contribution is 2.31. The van der Waals surface area contributed by atoms with Crippen molar-refractivity contribution < 1.29 is 4.74 Å². The first-order valence-corrected chi connectivity index (χ1v) is 7.03. The smallest absolute Gasteiger partial charge is 0.235 e. The Hall–Kier alpha value is -2.34. The Bertz CT molecular complexity index is 758. The third-order valence-electron chi connectivity index (χ3n) is 2.85. The van der Waals surface area contributed by atoms with Gasteiger partial charge in [0.25, 0.3) is 0 Å². The van der Waals surface area contributed by atoms with E-state index in [1.807, 2.05) is 12.1 Å². The zero-order valence-corrected chi connectivity index (χ0v) is 12.2. The van der Waals surface area contributed by atoms with Gasteiger partial charge in [-0.05, 0) is 18.6 Å². The van der Waals surface area contributed by atoms with Crippen molar-refractivity contribution in [2.45, 2.75) is 13.3 Å². The maximum Gasteiger partial charge on any atom is 0.235 e. The van der Waals surface area contributed by atoms with Gasteiger partial charge in [-0.15, -0.1) is 0 Å². The molecule has 2 heterocycles. The van der Waals surface area contributed by atoms with Gasteiger partial charge in [0, 0.05) is 6.54 Å². The lowest BCUT2D eigenvalue weighted by Crippen LogP contribution is -2.05. The predicted octanol–water partition coefficient (Wildman–Crippen LogP) is 3.62. The van der Waals surface area contributed by atoms with Gasteiger partial charge >= 0.3 is 0 Å². The molecule has 0 fully saturated rings. The molecular formula is C14H14ClN5O. The number of para-hydroxylation sites is 1. The second-order valence-corrected chi connectivity index (χ2v) is 4.85. The van der Waals surface area contributed by atoms with Crippen molar-refractivity contribution in [1.29, 1.82) is 0 Å². The average Bonchev–Trinajstić information content (AvgIpc) is 2.96. The summed E-state index contributed by atoms with van der Waals surface area (Å²) < 4.78 is 5.82. The van der Waals surface area contributed by atoms with Crippen LogP contribution in [0.15, 0.2) is 30.5 Å². The van der Waals surface area contributed by atoms with E-state index >= 15 is 0 Å². The molecule has 1 aromatic carbocycles. The van der Waals surface area contributed by atoms with Crippen LogP contribution in [-0.2, 0) is 0 Å². The summed E-state index contributed by atoms with van der Waals surface area (Å²) in [7, 11) is 0. The van der Waals surface area contributed by atoms with Crippen LogP contribution in [-0.4, -0.2) is 26.7 Å². The number of nitrogens with zero attached hydrogens (tertiary/aromatic N) is 3. The van der Waals surface area contributed by atoms with Gasteiger partial charge in [0.05, 0.1) is 11.2 Å². The van der Waals surface area contributed by atoms with Gasteiger partial charge in [0.2, 0.25) is 11.8 Å². The molecule has 0 aliphatic heterocycles. The van der Waals surface area contributed by atoms with Crippen LogP contribution >= 0.6 is 11.6 Å². The summed E-state index contributed by atoms with van der Waals surface area (Å²) in [5.41, 5.74) is 0.616. The summed E-state index contributed by atoms with van der Waals surface area (Å²) in [6.07, 6.45) is 2.61. The number of H-pyrrole nitrogens is 1. The molecule has 0 radical (unpaired) electrons. The van der Waals surface area contributed by atoms with Crippen molar-refractivity contribution in [3.05, 3.63) is 35.5 Å². The molecule has 0 spiro atoms.